The van der Waals surface area contributed by atoms with Crippen molar-refractivity contribution < 1.29 is 17.9 Å². The minimum absolute atomic E-state index is 0.248. The zero-order valence-electron chi connectivity index (χ0n) is 12.4. The van der Waals surface area contributed by atoms with Crippen LogP contribution in [0.4, 0.5) is 5.69 Å². The van der Waals surface area contributed by atoms with Crippen molar-refractivity contribution in [3.63, 3.8) is 0 Å². The molecule has 0 heterocycles. The Balaban J connectivity index is 2.27. The first kappa shape index (κ1) is 15.8. The first-order chi connectivity index (χ1) is 9.68. The fourth-order valence-electron chi connectivity index (χ4n) is 2.00. The molecule has 1 aliphatic rings. The number of carbonyl (C=O) groups excluding carboxylic acids is 1. The third-order valence-corrected chi connectivity index (χ3v) is 4.83. The summed E-state index contributed by atoms with van der Waals surface area (Å²) in [5.41, 5.74) is 6.70. The molecule has 2 rings (SSSR count). The molecular weight excluding hydrogens is 292 g/mol. The second-order valence-corrected chi connectivity index (χ2v) is 7.56. The summed E-state index contributed by atoms with van der Waals surface area (Å²) in [5.74, 6) is -0.0396. The summed E-state index contributed by atoms with van der Waals surface area (Å²) >= 11 is 0. The smallest absolute Gasteiger partial charge is 0.248 e. The second-order valence-electron chi connectivity index (χ2n) is 5.55. The Kier molecular flexibility index (Phi) is 4.25. The van der Waals surface area contributed by atoms with Crippen molar-refractivity contribution in [3.8, 4) is 0 Å². The van der Waals surface area contributed by atoms with Crippen LogP contribution in [0.3, 0.4) is 0 Å². The molecule has 1 aliphatic carbocycles. The quantitative estimate of drug-likeness (QED) is 0.852. The zero-order valence-corrected chi connectivity index (χ0v) is 13.2. The van der Waals surface area contributed by atoms with Gasteiger partial charge in [-0.05, 0) is 36.1 Å². The minimum Gasteiger partial charge on any atom is -0.373 e. The van der Waals surface area contributed by atoms with Crippen molar-refractivity contribution in [1.29, 1.82) is 0 Å². The van der Waals surface area contributed by atoms with Gasteiger partial charge in [0.15, 0.2) is 0 Å². The number of amides is 1. The maximum absolute atomic E-state index is 11.6. The van der Waals surface area contributed by atoms with Crippen molar-refractivity contribution in [2.45, 2.75) is 26.1 Å². The van der Waals surface area contributed by atoms with Crippen LogP contribution in [0, 0.1) is 5.92 Å². The van der Waals surface area contributed by atoms with Crippen LogP contribution >= 0.6 is 0 Å². The van der Waals surface area contributed by atoms with E-state index in [9.17, 15) is 13.2 Å². The SMILES string of the molecule is CC1CC1OCc1cc(C(N)=O)cc(N(C)S(C)(=O)=O)c1. The predicted molar refractivity (Wildman–Crippen MR) is 80.6 cm³/mol. The van der Waals surface area contributed by atoms with E-state index in [-0.39, 0.29) is 11.7 Å². The molecule has 0 aliphatic heterocycles. The Morgan fingerprint density at radius 1 is 1.43 bits per heavy atom. The highest BCUT2D eigenvalue weighted by Gasteiger charge is 2.33. The maximum Gasteiger partial charge on any atom is 0.248 e. The van der Waals surface area contributed by atoms with Gasteiger partial charge in [0.25, 0.3) is 0 Å². The van der Waals surface area contributed by atoms with E-state index in [1.807, 2.05) is 0 Å². The van der Waals surface area contributed by atoms with Crippen molar-refractivity contribution in [1.82, 2.24) is 0 Å². The lowest BCUT2D eigenvalue weighted by Crippen LogP contribution is -2.25. The monoisotopic (exact) mass is 312 g/mol. The molecule has 116 valence electrons. The molecule has 2 unspecified atom stereocenters. The van der Waals surface area contributed by atoms with Crippen molar-refractivity contribution in [2.75, 3.05) is 17.6 Å². The van der Waals surface area contributed by atoms with E-state index >= 15 is 0 Å². The summed E-state index contributed by atoms with van der Waals surface area (Å²) in [4.78, 5) is 11.4. The van der Waals surface area contributed by atoms with E-state index in [2.05, 4.69) is 6.92 Å². The standard InChI is InChI=1S/C14H20N2O4S/c1-9-4-13(9)20-8-10-5-11(14(15)17)7-12(6-10)16(2)21(3,18)19/h5-7,9,13H,4,8H2,1-3H3,(H2,15,17). The fraction of sp³-hybridized carbons (Fsp3) is 0.500. The number of carbonyl (C=O) groups is 1. The summed E-state index contributed by atoms with van der Waals surface area (Å²) < 4.78 is 30.0. The topological polar surface area (TPSA) is 89.7 Å². The largest absolute Gasteiger partial charge is 0.373 e. The second kappa shape index (κ2) is 5.65. The van der Waals surface area contributed by atoms with Crippen LogP contribution in [-0.2, 0) is 21.4 Å². The lowest BCUT2D eigenvalue weighted by molar-refractivity contribution is 0.0965. The van der Waals surface area contributed by atoms with Gasteiger partial charge in [-0.3, -0.25) is 9.10 Å². The van der Waals surface area contributed by atoms with Gasteiger partial charge in [0.2, 0.25) is 15.9 Å². The summed E-state index contributed by atoms with van der Waals surface area (Å²) in [7, 11) is -1.97. The average molecular weight is 312 g/mol. The molecule has 0 bridgehead atoms. The highest BCUT2D eigenvalue weighted by molar-refractivity contribution is 7.92. The molecule has 2 N–H and O–H groups in total. The van der Waals surface area contributed by atoms with Gasteiger partial charge in [-0.1, -0.05) is 6.92 Å². The van der Waals surface area contributed by atoms with Gasteiger partial charge in [0.1, 0.15) is 0 Å². The van der Waals surface area contributed by atoms with Crippen LogP contribution in [-0.4, -0.2) is 33.7 Å². The number of nitrogens with two attached hydrogens (primary N) is 1. The predicted octanol–water partition coefficient (Wildman–Crippen LogP) is 1.11. The maximum atomic E-state index is 11.6. The van der Waals surface area contributed by atoms with E-state index < -0.39 is 15.9 Å². The zero-order chi connectivity index (χ0) is 15.8. The lowest BCUT2D eigenvalue weighted by atomic mass is 10.1. The summed E-state index contributed by atoms with van der Waals surface area (Å²) in [6.07, 6.45) is 2.38. The molecule has 2 atom stereocenters. The number of rotatable bonds is 6. The summed E-state index contributed by atoms with van der Waals surface area (Å²) in [6.45, 7) is 2.44. The molecule has 1 fully saturated rings. The van der Waals surface area contributed by atoms with Gasteiger partial charge in [0, 0.05) is 12.6 Å². The Morgan fingerprint density at radius 3 is 2.52 bits per heavy atom. The van der Waals surface area contributed by atoms with Crippen molar-refractivity contribution in [3.05, 3.63) is 29.3 Å². The number of anilines is 1. The fourth-order valence-corrected chi connectivity index (χ4v) is 2.48. The van der Waals surface area contributed by atoms with Gasteiger partial charge < -0.3 is 10.5 Å². The van der Waals surface area contributed by atoms with E-state index in [1.54, 1.807) is 12.1 Å². The molecule has 0 radical (unpaired) electrons. The lowest BCUT2D eigenvalue weighted by Gasteiger charge is -2.18. The number of sulfonamides is 1. The van der Waals surface area contributed by atoms with Crippen LogP contribution in [0.5, 0.6) is 0 Å². The Morgan fingerprint density at radius 2 is 2.05 bits per heavy atom. The highest BCUT2D eigenvalue weighted by Crippen LogP contribution is 2.33. The molecule has 21 heavy (non-hydrogen) atoms. The van der Waals surface area contributed by atoms with Crippen molar-refractivity contribution in [2.24, 2.45) is 11.7 Å². The molecule has 6 nitrogen and oxygen atoms in total. The van der Waals surface area contributed by atoms with Crippen LogP contribution in [0.25, 0.3) is 0 Å². The Bertz CT molecular complexity index is 657. The molecule has 1 aromatic rings. The van der Waals surface area contributed by atoms with Gasteiger partial charge in [-0.25, -0.2) is 8.42 Å². The molecule has 1 aromatic carbocycles. The number of primary amides is 1. The molecule has 0 aromatic heterocycles. The van der Waals surface area contributed by atoms with Crippen molar-refractivity contribution >= 4 is 21.6 Å². The highest BCUT2D eigenvalue weighted by atomic mass is 32.2. The molecule has 0 spiro atoms. The number of benzene rings is 1. The molecule has 7 heteroatoms. The number of hydrogen-bond acceptors (Lipinski definition) is 4. The van der Waals surface area contributed by atoms with Gasteiger partial charge in [-0.15, -0.1) is 0 Å². The van der Waals surface area contributed by atoms with Gasteiger partial charge >= 0.3 is 0 Å². The molecule has 1 saturated carbocycles. The summed E-state index contributed by atoms with van der Waals surface area (Å²) in [6, 6.07) is 4.79. The first-order valence-corrected chi connectivity index (χ1v) is 8.52. The number of ether oxygens (including phenoxy) is 1. The third kappa shape index (κ3) is 3.95. The third-order valence-electron chi connectivity index (χ3n) is 3.62. The van der Waals surface area contributed by atoms with Gasteiger partial charge in [0.05, 0.1) is 24.7 Å². The van der Waals surface area contributed by atoms with E-state index in [1.165, 1.54) is 13.1 Å². The molecular formula is C14H20N2O4S. The molecule has 0 saturated heterocycles. The van der Waals surface area contributed by atoms with E-state index in [0.29, 0.717) is 18.2 Å². The first-order valence-electron chi connectivity index (χ1n) is 6.67. The average Bonchev–Trinajstić information content (AvgIpc) is 3.10. The summed E-state index contributed by atoms with van der Waals surface area (Å²) in [5, 5.41) is 0. The normalized spacial score (nSPS) is 21.1. The minimum atomic E-state index is -3.40. The Hall–Kier alpha value is -1.60. The van der Waals surface area contributed by atoms with Crippen LogP contribution in [0.15, 0.2) is 18.2 Å². The van der Waals surface area contributed by atoms with Crippen LogP contribution in [0.2, 0.25) is 0 Å². The van der Waals surface area contributed by atoms with Crippen LogP contribution in [0.1, 0.15) is 29.3 Å². The van der Waals surface area contributed by atoms with Crippen LogP contribution < -0.4 is 10.0 Å². The number of nitrogens with zero attached hydrogens (tertiary/aromatic N) is 1. The van der Waals surface area contributed by atoms with E-state index in [0.717, 1.165) is 22.5 Å². The number of hydrogen-bond donors (Lipinski definition) is 1. The molecule has 1 amide bonds. The Labute approximate surface area is 124 Å². The van der Waals surface area contributed by atoms with Gasteiger partial charge in [-0.2, -0.15) is 0 Å². The van der Waals surface area contributed by atoms with E-state index in [4.69, 9.17) is 10.5 Å².